The number of anilines is 1. The number of carbonyl (C=O) groups excluding carboxylic acids is 2. The van der Waals surface area contributed by atoms with Crippen molar-refractivity contribution in [1.29, 1.82) is 0 Å². The molecule has 0 bridgehead atoms. The molecule has 28 heavy (non-hydrogen) atoms. The first kappa shape index (κ1) is 21.3. The maximum Gasteiger partial charge on any atom is 0.342 e. The first-order valence-electron chi connectivity index (χ1n) is 9.34. The van der Waals surface area contributed by atoms with E-state index in [0.717, 1.165) is 17.8 Å². The van der Waals surface area contributed by atoms with Crippen LogP contribution >= 0.6 is 0 Å². The zero-order chi connectivity index (χ0) is 20.5. The Morgan fingerprint density at radius 1 is 1.07 bits per heavy atom. The van der Waals surface area contributed by atoms with Crippen LogP contribution < -0.4 is 15.0 Å². The van der Waals surface area contributed by atoms with Gasteiger partial charge in [-0.25, -0.2) is 4.79 Å². The van der Waals surface area contributed by atoms with Crippen molar-refractivity contribution in [3.63, 3.8) is 0 Å². The molecule has 0 atom stereocenters. The van der Waals surface area contributed by atoms with E-state index in [2.05, 4.69) is 42.3 Å². The molecule has 0 fully saturated rings. The largest absolute Gasteiger partial charge is 0.496 e. The van der Waals surface area contributed by atoms with Crippen molar-refractivity contribution in [3.8, 4) is 5.75 Å². The summed E-state index contributed by atoms with van der Waals surface area (Å²) in [6, 6.07) is 13.5. The minimum absolute atomic E-state index is 0.312. The number of rotatable bonds is 9. The molecule has 0 spiro atoms. The number of esters is 1. The summed E-state index contributed by atoms with van der Waals surface area (Å²) in [6.45, 7) is 7.64. The molecule has 6 nitrogen and oxygen atoms in total. The predicted octanol–water partition coefficient (Wildman–Crippen LogP) is 3.11. The van der Waals surface area contributed by atoms with Gasteiger partial charge in [0.15, 0.2) is 6.61 Å². The second-order valence-corrected chi connectivity index (χ2v) is 6.55. The highest BCUT2D eigenvalue weighted by Gasteiger charge is 2.15. The molecular formula is C22H28N2O4. The van der Waals surface area contributed by atoms with Gasteiger partial charge < -0.3 is 19.7 Å². The Bertz CT molecular complexity index is 820. The minimum atomic E-state index is -0.578. The average molecular weight is 384 g/mol. The smallest absolute Gasteiger partial charge is 0.342 e. The van der Waals surface area contributed by atoms with Crippen LogP contribution in [-0.4, -0.2) is 45.2 Å². The van der Waals surface area contributed by atoms with Crippen LogP contribution in [0.15, 0.2) is 42.5 Å². The Morgan fingerprint density at radius 2 is 1.82 bits per heavy atom. The summed E-state index contributed by atoms with van der Waals surface area (Å²) in [5.41, 5.74) is 3.54. The fourth-order valence-electron chi connectivity index (χ4n) is 2.87. The molecule has 2 aromatic carbocycles. The van der Waals surface area contributed by atoms with Gasteiger partial charge in [-0.1, -0.05) is 23.8 Å². The molecular weight excluding hydrogens is 356 g/mol. The Hall–Kier alpha value is -3.02. The normalized spacial score (nSPS) is 10.3. The third kappa shape index (κ3) is 6.01. The first-order valence-corrected chi connectivity index (χ1v) is 9.34. The number of likely N-dealkylation sites (N-methyl/N-ethyl adjacent to an activating group) is 1. The molecule has 2 aromatic rings. The predicted molar refractivity (Wildman–Crippen MR) is 110 cm³/mol. The number of ether oxygens (including phenoxy) is 2. The SMILES string of the molecule is CCN(CCNC(=O)COC(=O)c1cc(C)ccc1OC)c1cccc(C)c1. The van der Waals surface area contributed by atoms with Crippen LogP contribution in [0.4, 0.5) is 5.69 Å². The van der Waals surface area contributed by atoms with Gasteiger partial charge in [0.05, 0.1) is 7.11 Å². The molecule has 1 amide bonds. The number of nitrogens with zero attached hydrogens (tertiary/aromatic N) is 1. The van der Waals surface area contributed by atoms with Crippen LogP contribution in [0.25, 0.3) is 0 Å². The van der Waals surface area contributed by atoms with Crippen LogP contribution in [0.5, 0.6) is 5.75 Å². The van der Waals surface area contributed by atoms with E-state index in [0.29, 0.717) is 24.4 Å². The molecule has 0 aromatic heterocycles. The van der Waals surface area contributed by atoms with Gasteiger partial charge in [0.1, 0.15) is 11.3 Å². The quantitative estimate of drug-likeness (QED) is 0.673. The standard InChI is InChI=1S/C22H28N2O4/c1-5-24(18-8-6-7-16(2)13-18)12-11-23-21(25)15-28-22(26)19-14-17(3)9-10-20(19)27-4/h6-10,13-14H,5,11-12,15H2,1-4H3,(H,23,25). The lowest BCUT2D eigenvalue weighted by Gasteiger charge is -2.23. The van der Waals surface area contributed by atoms with Gasteiger partial charge in [0.25, 0.3) is 5.91 Å². The molecule has 0 radical (unpaired) electrons. The van der Waals surface area contributed by atoms with Crippen molar-refractivity contribution in [1.82, 2.24) is 5.32 Å². The van der Waals surface area contributed by atoms with Crippen molar-refractivity contribution in [2.75, 3.05) is 38.3 Å². The van der Waals surface area contributed by atoms with E-state index in [1.807, 2.05) is 19.1 Å². The van der Waals surface area contributed by atoms with Gasteiger partial charge in [-0.05, 0) is 50.6 Å². The molecule has 0 unspecified atom stereocenters. The molecule has 6 heteroatoms. The molecule has 150 valence electrons. The van der Waals surface area contributed by atoms with Gasteiger partial charge >= 0.3 is 5.97 Å². The highest BCUT2D eigenvalue weighted by atomic mass is 16.5. The summed E-state index contributed by atoms with van der Waals surface area (Å²) in [4.78, 5) is 26.4. The maximum atomic E-state index is 12.2. The number of benzene rings is 2. The summed E-state index contributed by atoms with van der Waals surface area (Å²) in [6.07, 6.45) is 0. The molecule has 0 aliphatic carbocycles. The molecule has 1 N–H and O–H groups in total. The average Bonchev–Trinajstić information content (AvgIpc) is 2.69. The lowest BCUT2D eigenvalue weighted by atomic mass is 10.1. The summed E-state index contributed by atoms with van der Waals surface area (Å²) < 4.78 is 10.3. The van der Waals surface area contributed by atoms with Crippen molar-refractivity contribution in [3.05, 3.63) is 59.2 Å². The molecule has 0 heterocycles. The lowest BCUT2D eigenvalue weighted by Crippen LogP contribution is -2.36. The zero-order valence-corrected chi connectivity index (χ0v) is 17.0. The highest BCUT2D eigenvalue weighted by molar-refractivity contribution is 5.94. The lowest BCUT2D eigenvalue weighted by molar-refractivity contribution is -0.124. The number of carbonyl (C=O) groups is 2. The Labute approximate surface area is 166 Å². The Kier molecular flexibility index (Phi) is 7.87. The van der Waals surface area contributed by atoms with Gasteiger partial charge in [-0.15, -0.1) is 0 Å². The fourth-order valence-corrected chi connectivity index (χ4v) is 2.87. The van der Waals surface area contributed by atoms with E-state index in [1.165, 1.54) is 12.7 Å². The highest BCUT2D eigenvalue weighted by Crippen LogP contribution is 2.20. The summed E-state index contributed by atoms with van der Waals surface area (Å²) in [7, 11) is 1.49. The topological polar surface area (TPSA) is 67.9 Å². The zero-order valence-electron chi connectivity index (χ0n) is 17.0. The number of amides is 1. The van der Waals surface area contributed by atoms with Gasteiger partial charge in [-0.3, -0.25) is 4.79 Å². The summed E-state index contributed by atoms with van der Waals surface area (Å²) in [5, 5.41) is 2.79. The van der Waals surface area contributed by atoms with Crippen molar-refractivity contribution in [2.45, 2.75) is 20.8 Å². The molecule has 0 saturated carbocycles. The minimum Gasteiger partial charge on any atom is -0.496 e. The Morgan fingerprint density at radius 3 is 2.50 bits per heavy atom. The third-order valence-electron chi connectivity index (χ3n) is 4.36. The van der Waals surface area contributed by atoms with Crippen molar-refractivity contribution < 1.29 is 19.1 Å². The van der Waals surface area contributed by atoms with E-state index in [9.17, 15) is 9.59 Å². The second kappa shape index (κ2) is 10.3. The van der Waals surface area contributed by atoms with Crippen LogP contribution in [0, 0.1) is 13.8 Å². The van der Waals surface area contributed by atoms with Crippen LogP contribution in [0.2, 0.25) is 0 Å². The van der Waals surface area contributed by atoms with E-state index in [1.54, 1.807) is 12.1 Å². The van der Waals surface area contributed by atoms with Gasteiger partial charge in [0.2, 0.25) is 0 Å². The third-order valence-corrected chi connectivity index (χ3v) is 4.36. The number of nitrogens with one attached hydrogen (secondary N) is 1. The summed E-state index contributed by atoms with van der Waals surface area (Å²) >= 11 is 0. The van der Waals surface area contributed by atoms with E-state index in [-0.39, 0.29) is 12.5 Å². The van der Waals surface area contributed by atoms with Crippen LogP contribution in [0.3, 0.4) is 0 Å². The number of methoxy groups -OCH3 is 1. The van der Waals surface area contributed by atoms with Crippen LogP contribution in [-0.2, 0) is 9.53 Å². The number of hydrogen-bond donors (Lipinski definition) is 1. The van der Waals surface area contributed by atoms with E-state index in [4.69, 9.17) is 9.47 Å². The number of hydrogen-bond acceptors (Lipinski definition) is 5. The van der Waals surface area contributed by atoms with E-state index >= 15 is 0 Å². The van der Waals surface area contributed by atoms with Gasteiger partial charge in [0, 0.05) is 25.3 Å². The fraction of sp³-hybridized carbons (Fsp3) is 0.364. The first-order chi connectivity index (χ1) is 13.4. The second-order valence-electron chi connectivity index (χ2n) is 6.55. The summed E-state index contributed by atoms with van der Waals surface area (Å²) in [5.74, 6) is -0.487. The monoisotopic (exact) mass is 384 g/mol. The van der Waals surface area contributed by atoms with Crippen molar-refractivity contribution in [2.24, 2.45) is 0 Å². The number of aryl methyl sites for hydroxylation is 2. The van der Waals surface area contributed by atoms with Gasteiger partial charge in [-0.2, -0.15) is 0 Å². The maximum absolute atomic E-state index is 12.2. The molecule has 2 rings (SSSR count). The van der Waals surface area contributed by atoms with Crippen LogP contribution in [0.1, 0.15) is 28.4 Å². The van der Waals surface area contributed by atoms with Crippen molar-refractivity contribution >= 4 is 17.6 Å². The molecule has 0 aliphatic heterocycles. The molecule has 0 aliphatic rings. The molecule has 0 saturated heterocycles. The Balaban J connectivity index is 1.81. The van der Waals surface area contributed by atoms with E-state index < -0.39 is 5.97 Å².